The van der Waals surface area contributed by atoms with Crippen LogP contribution in [0.25, 0.3) is 0 Å². The molecule has 0 aliphatic carbocycles. The average molecular weight is 449 g/mol. The van der Waals surface area contributed by atoms with E-state index in [1.165, 1.54) is 0 Å². The third-order valence-electron chi connectivity index (χ3n) is 3.06. The minimum atomic E-state index is -0.498. The number of anilines is 1. The van der Waals surface area contributed by atoms with E-state index in [2.05, 4.69) is 39.7 Å². The summed E-state index contributed by atoms with van der Waals surface area (Å²) >= 11 is 2.33. The van der Waals surface area contributed by atoms with Crippen LogP contribution in [-0.4, -0.2) is 42.0 Å². The number of halogens is 1. The van der Waals surface area contributed by atoms with Crippen molar-refractivity contribution in [2.45, 2.75) is 37.3 Å². The number of rotatable bonds is 8. The number of hydrogen-bond donors (Lipinski definition) is 2. The number of nitrogens with one attached hydrogen (secondary N) is 1. The lowest BCUT2D eigenvalue weighted by molar-refractivity contribution is 0.0520. The van der Waals surface area contributed by atoms with Crippen molar-refractivity contribution in [2.24, 2.45) is 5.73 Å². The number of amides is 1. The van der Waals surface area contributed by atoms with Crippen LogP contribution in [0.4, 0.5) is 10.5 Å². The van der Waals surface area contributed by atoms with Gasteiger partial charge in [-0.05, 0) is 39.8 Å². The quantitative estimate of drug-likeness (QED) is 0.276. The summed E-state index contributed by atoms with van der Waals surface area (Å²) < 4.78 is 11.1. The lowest BCUT2D eigenvalue weighted by Crippen LogP contribution is -2.36. The number of ether oxygens (including phenoxy) is 2. The van der Waals surface area contributed by atoms with Crippen LogP contribution in [0.1, 0.15) is 27.7 Å². The number of hydrogen-bond acceptors (Lipinski definition) is 5. The first kappa shape index (κ1) is 20.8. The van der Waals surface area contributed by atoms with Crippen LogP contribution in [-0.2, 0) is 4.74 Å². The largest absolute Gasteiger partial charge is 0.492 e. The molecular formula is C17H28IN3O3. The Kier molecular flexibility index (Phi) is 8.61. The molecule has 1 amide bonds. The van der Waals surface area contributed by atoms with Gasteiger partial charge in [0.15, 0.2) is 0 Å². The van der Waals surface area contributed by atoms with E-state index in [0.717, 1.165) is 18.0 Å². The number of nitrogens with zero attached hydrogens (tertiary/aromatic N) is 1. The molecule has 0 aliphatic rings. The van der Waals surface area contributed by atoms with Gasteiger partial charge < -0.3 is 25.4 Å². The summed E-state index contributed by atoms with van der Waals surface area (Å²) in [6.45, 7) is 9.79. The van der Waals surface area contributed by atoms with Gasteiger partial charge in [-0.2, -0.15) is 0 Å². The molecule has 136 valence electrons. The molecule has 0 aromatic heterocycles. The maximum Gasteiger partial charge on any atom is 0.407 e. The van der Waals surface area contributed by atoms with Crippen molar-refractivity contribution >= 4 is 34.4 Å². The van der Waals surface area contributed by atoms with Crippen molar-refractivity contribution < 1.29 is 14.3 Å². The van der Waals surface area contributed by atoms with Gasteiger partial charge in [0.1, 0.15) is 18.0 Å². The standard InChI is InChI=1S/C17H28IN3O3/c1-5-21(15(18)12-19)13-7-6-8-14(11-13)23-10-9-20-16(22)24-17(2,3)4/h6-8,11,15H,5,9-10,12,19H2,1-4H3,(H,20,22). The van der Waals surface area contributed by atoms with Crippen LogP contribution in [0.15, 0.2) is 24.3 Å². The van der Waals surface area contributed by atoms with Gasteiger partial charge in [-0.25, -0.2) is 4.79 Å². The SMILES string of the molecule is CCN(c1cccc(OCCNC(=O)OC(C)(C)C)c1)C(I)CN. The summed E-state index contributed by atoms with van der Waals surface area (Å²) in [5, 5.41) is 2.67. The van der Waals surface area contributed by atoms with Crippen molar-refractivity contribution in [1.29, 1.82) is 0 Å². The van der Waals surface area contributed by atoms with Crippen molar-refractivity contribution in [3.05, 3.63) is 24.3 Å². The molecule has 1 aromatic carbocycles. The van der Waals surface area contributed by atoms with Gasteiger partial charge in [-0.15, -0.1) is 0 Å². The fourth-order valence-corrected chi connectivity index (χ4v) is 2.77. The third kappa shape index (κ3) is 7.57. The van der Waals surface area contributed by atoms with E-state index in [-0.39, 0.29) is 4.05 Å². The first-order chi connectivity index (χ1) is 11.3. The molecule has 0 heterocycles. The Morgan fingerprint density at radius 2 is 2.12 bits per heavy atom. The Bertz CT molecular complexity index is 520. The van der Waals surface area contributed by atoms with E-state index in [1.807, 2.05) is 45.0 Å². The molecule has 1 aromatic rings. The summed E-state index contributed by atoms with van der Waals surface area (Å²) in [5.74, 6) is 0.762. The molecule has 3 N–H and O–H groups in total. The fraction of sp³-hybridized carbons (Fsp3) is 0.588. The Balaban J connectivity index is 2.49. The monoisotopic (exact) mass is 449 g/mol. The molecule has 24 heavy (non-hydrogen) atoms. The highest BCUT2D eigenvalue weighted by atomic mass is 127. The van der Waals surface area contributed by atoms with Gasteiger partial charge in [0, 0.05) is 24.8 Å². The summed E-state index contributed by atoms with van der Waals surface area (Å²) in [5.41, 5.74) is 6.33. The van der Waals surface area contributed by atoms with E-state index >= 15 is 0 Å². The number of alkyl halides is 1. The first-order valence-electron chi connectivity index (χ1n) is 8.07. The third-order valence-corrected chi connectivity index (χ3v) is 4.24. The zero-order valence-electron chi connectivity index (χ0n) is 14.8. The fourth-order valence-electron chi connectivity index (χ4n) is 2.06. The molecule has 7 heteroatoms. The molecule has 0 saturated heterocycles. The van der Waals surface area contributed by atoms with Crippen LogP contribution in [0.5, 0.6) is 5.75 Å². The molecule has 0 aliphatic heterocycles. The summed E-state index contributed by atoms with van der Waals surface area (Å²) in [7, 11) is 0. The minimum absolute atomic E-state index is 0.233. The van der Waals surface area contributed by atoms with Crippen LogP contribution >= 0.6 is 22.6 Å². The molecule has 6 nitrogen and oxygen atoms in total. The van der Waals surface area contributed by atoms with Crippen molar-refractivity contribution in [2.75, 3.05) is 31.1 Å². The summed E-state index contributed by atoms with van der Waals surface area (Å²) in [6.07, 6.45) is -0.437. The van der Waals surface area contributed by atoms with Crippen LogP contribution in [0.3, 0.4) is 0 Å². The summed E-state index contributed by atoms with van der Waals surface area (Å²) in [4.78, 5) is 13.8. The maximum absolute atomic E-state index is 11.6. The second-order valence-electron chi connectivity index (χ2n) is 6.23. The number of benzene rings is 1. The van der Waals surface area contributed by atoms with Gasteiger partial charge in [0.25, 0.3) is 0 Å². The second-order valence-corrected chi connectivity index (χ2v) is 7.67. The number of likely N-dealkylation sites (N-methyl/N-ethyl adjacent to an activating group) is 1. The van der Waals surface area contributed by atoms with E-state index in [0.29, 0.717) is 19.7 Å². The smallest absolute Gasteiger partial charge is 0.407 e. The molecular weight excluding hydrogens is 421 g/mol. The van der Waals surface area contributed by atoms with Crippen LogP contribution in [0.2, 0.25) is 0 Å². The Morgan fingerprint density at radius 3 is 2.71 bits per heavy atom. The molecule has 0 radical (unpaired) electrons. The molecule has 0 saturated carbocycles. The number of carbonyl (C=O) groups excluding carboxylic acids is 1. The van der Waals surface area contributed by atoms with E-state index in [4.69, 9.17) is 15.2 Å². The Labute approximate surface area is 158 Å². The highest BCUT2D eigenvalue weighted by molar-refractivity contribution is 14.1. The highest BCUT2D eigenvalue weighted by Crippen LogP contribution is 2.24. The van der Waals surface area contributed by atoms with Gasteiger partial charge in [0.05, 0.1) is 10.6 Å². The Morgan fingerprint density at radius 1 is 1.42 bits per heavy atom. The molecule has 1 unspecified atom stereocenters. The highest BCUT2D eigenvalue weighted by Gasteiger charge is 2.16. The van der Waals surface area contributed by atoms with Crippen LogP contribution in [0, 0.1) is 0 Å². The normalized spacial score (nSPS) is 12.4. The van der Waals surface area contributed by atoms with Crippen molar-refractivity contribution in [3.8, 4) is 5.75 Å². The van der Waals surface area contributed by atoms with Crippen molar-refractivity contribution in [3.63, 3.8) is 0 Å². The second kappa shape index (κ2) is 9.93. The maximum atomic E-state index is 11.6. The number of alkyl carbamates (subject to hydrolysis) is 1. The lowest BCUT2D eigenvalue weighted by Gasteiger charge is -2.28. The van der Waals surface area contributed by atoms with Gasteiger partial charge >= 0.3 is 6.09 Å². The number of carbonyl (C=O) groups is 1. The van der Waals surface area contributed by atoms with Crippen LogP contribution < -0.4 is 20.7 Å². The van der Waals surface area contributed by atoms with E-state index in [9.17, 15) is 4.79 Å². The average Bonchev–Trinajstić information content (AvgIpc) is 2.51. The molecule has 0 bridgehead atoms. The topological polar surface area (TPSA) is 76.8 Å². The zero-order valence-corrected chi connectivity index (χ0v) is 17.0. The van der Waals surface area contributed by atoms with Gasteiger partial charge in [-0.1, -0.05) is 28.7 Å². The molecule has 0 spiro atoms. The number of nitrogens with two attached hydrogens (primary N) is 1. The minimum Gasteiger partial charge on any atom is -0.492 e. The van der Waals surface area contributed by atoms with E-state index in [1.54, 1.807) is 0 Å². The zero-order chi connectivity index (χ0) is 18.2. The predicted molar refractivity (Wildman–Crippen MR) is 106 cm³/mol. The van der Waals surface area contributed by atoms with Crippen molar-refractivity contribution in [1.82, 2.24) is 5.32 Å². The van der Waals surface area contributed by atoms with E-state index < -0.39 is 11.7 Å². The molecule has 1 rings (SSSR count). The van der Waals surface area contributed by atoms with Gasteiger partial charge in [-0.3, -0.25) is 0 Å². The van der Waals surface area contributed by atoms with Gasteiger partial charge in [0.2, 0.25) is 0 Å². The summed E-state index contributed by atoms with van der Waals surface area (Å²) in [6, 6.07) is 7.87. The first-order valence-corrected chi connectivity index (χ1v) is 9.32. The molecule has 1 atom stereocenters. The molecule has 0 fully saturated rings. The predicted octanol–water partition coefficient (Wildman–Crippen LogP) is 3.14. The lowest BCUT2D eigenvalue weighted by atomic mass is 10.2. The Hall–Kier alpha value is -1.22.